The van der Waals surface area contributed by atoms with Gasteiger partial charge in [-0.1, -0.05) is 19.1 Å². The molecule has 0 saturated carbocycles. The van der Waals surface area contributed by atoms with Gasteiger partial charge in [0.1, 0.15) is 0 Å². The number of hydrogen-bond donors (Lipinski definition) is 1. The van der Waals surface area contributed by atoms with E-state index in [2.05, 4.69) is 53.5 Å². The number of imidazole rings is 1. The van der Waals surface area contributed by atoms with E-state index in [0.717, 1.165) is 29.9 Å². The Balaban J connectivity index is 2.39. The summed E-state index contributed by atoms with van der Waals surface area (Å²) in [6.45, 7) is 7.32. The van der Waals surface area contributed by atoms with E-state index in [0.29, 0.717) is 0 Å². The quantitative estimate of drug-likeness (QED) is 0.842. The highest BCUT2D eigenvalue weighted by Crippen LogP contribution is 2.18. The predicted octanol–water partition coefficient (Wildman–Crippen LogP) is 2.96. The van der Waals surface area contributed by atoms with Crippen LogP contribution in [-0.2, 0) is 6.54 Å². The number of hydrogen-bond acceptors (Lipinski definition) is 2. The Bertz CT molecular complexity index is 568. The van der Waals surface area contributed by atoms with E-state index in [9.17, 15) is 0 Å². The molecule has 92 valence electrons. The molecule has 0 atom stereocenters. The summed E-state index contributed by atoms with van der Waals surface area (Å²) in [5, 5.41) is 0. The summed E-state index contributed by atoms with van der Waals surface area (Å²) in [4.78, 5) is 5.56. The Morgan fingerprint density at radius 3 is 2.88 bits per heavy atom. The molecule has 1 N–H and O–H groups in total. The molecule has 0 aliphatic carbocycles. The Morgan fingerprint density at radius 1 is 1.41 bits per heavy atom. The van der Waals surface area contributed by atoms with Crippen LogP contribution < -0.4 is 0 Å². The first-order valence-electron chi connectivity index (χ1n) is 6.00. The van der Waals surface area contributed by atoms with E-state index < -0.39 is 0 Å². The minimum absolute atomic E-state index is 0.818. The van der Waals surface area contributed by atoms with E-state index in [1.165, 1.54) is 11.1 Å². The maximum absolute atomic E-state index is 5.39. The number of nitrogens with zero attached hydrogens (tertiary/aromatic N) is 2. The van der Waals surface area contributed by atoms with Crippen LogP contribution in [0.3, 0.4) is 0 Å². The molecule has 3 nitrogen and oxygen atoms in total. The van der Waals surface area contributed by atoms with Gasteiger partial charge in [0.2, 0.25) is 0 Å². The monoisotopic (exact) mass is 249 g/mol. The molecule has 1 aromatic heterocycles. The first kappa shape index (κ1) is 12.3. The van der Waals surface area contributed by atoms with Crippen LogP contribution in [0.4, 0.5) is 0 Å². The number of para-hydroxylation sites is 1. The van der Waals surface area contributed by atoms with Gasteiger partial charge in [-0.05, 0) is 44.4 Å². The van der Waals surface area contributed by atoms with Crippen LogP contribution in [-0.4, -0.2) is 34.6 Å². The third-order valence-electron chi connectivity index (χ3n) is 3.24. The number of aryl methyl sites for hydroxylation is 1. The number of nitrogens with one attached hydrogen (secondary N) is 1. The average molecular weight is 249 g/mol. The molecule has 1 aromatic carbocycles. The number of H-pyrrole nitrogens is 1. The first-order valence-corrected chi connectivity index (χ1v) is 6.41. The van der Waals surface area contributed by atoms with Crippen molar-refractivity contribution in [3.63, 3.8) is 0 Å². The summed E-state index contributed by atoms with van der Waals surface area (Å²) in [5.74, 6) is 0. The molecule has 0 aliphatic heterocycles. The zero-order valence-corrected chi connectivity index (χ0v) is 11.5. The van der Waals surface area contributed by atoms with Gasteiger partial charge in [0.25, 0.3) is 0 Å². The third kappa shape index (κ3) is 2.42. The number of aromatic nitrogens is 2. The number of aromatic amines is 1. The molecule has 0 amide bonds. The van der Waals surface area contributed by atoms with E-state index in [-0.39, 0.29) is 0 Å². The summed E-state index contributed by atoms with van der Waals surface area (Å²) >= 11 is 5.39. The topological polar surface area (TPSA) is 24.0 Å². The Hall–Kier alpha value is -1.13. The summed E-state index contributed by atoms with van der Waals surface area (Å²) < 4.78 is 3.02. The fraction of sp³-hybridized carbons (Fsp3) is 0.462. The van der Waals surface area contributed by atoms with Crippen LogP contribution >= 0.6 is 12.2 Å². The van der Waals surface area contributed by atoms with Crippen molar-refractivity contribution in [3.8, 4) is 0 Å². The zero-order chi connectivity index (χ0) is 12.4. The van der Waals surface area contributed by atoms with Crippen molar-refractivity contribution in [2.75, 3.05) is 20.1 Å². The SMILES string of the molecule is CCN(C)CCn1c(=S)[nH]c2cccc(C)c21. The van der Waals surface area contributed by atoms with Gasteiger partial charge in [0, 0.05) is 13.1 Å². The maximum Gasteiger partial charge on any atom is 0.178 e. The van der Waals surface area contributed by atoms with Gasteiger partial charge >= 0.3 is 0 Å². The van der Waals surface area contributed by atoms with Crippen molar-refractivity contribution in [1.29, 1.82) is 0 Å². The van der Waals surface area contributed by atoms with Crippen molar-refractivity contribution in [2.45, 2.75) is 20.4 Å². The van der Waals surface area contributed by atoms with E-state index >= 15 is 0 Å². The molecule has 17 heavy (non-hydrogen) atoms. The lowest BCUT2D eigenvalue weighted by Gasteiger charge is -2.14. The van der Waals surface area contributed by atoms with Gasteiger partial charge in [0.15, 0.2) is 4.77 Å². The van der Waals surface area contributed by atoms with Crippen molar-refractivity contribution in [2.24, 2.45) is 0 Å². The summed E-state index contributed by atoms with van der Waals surface area (Å²) in [7, 11) is 2.13. The van der Waals surface area contributed by atoms with Crippen LogP contribution in [0, 0.1) is 11.7 Å². The number of likely N-dealkylation sites (N-methyl/N-ethyl adjacent to an activating group) is 1. The predicted molar refractivity (Wildman–Crippen MR) is 75.0 cm³/mol. The largest absolute Gasteiger partial charge is 0.331 e. The summed E-state index contributed by atoms with van der Waals surface area (Å²) in [6.07, 6.45) is 0. The molecule has 4 heteroatoms. The molecule has 0 bridgehead atoms. The van der Waals surface area contributed by atoms with Crippen LogP contribution in [0.2, 0.25) is 0 Å². The second-order valence-corrected chi connectivity index (χ2v) is 4.84. The highest BCUT2D eigenvalue weighted by atomic mass is 32.1. The fourth-order valence-corrected chi connectivity index (χ4v) is 2.34. The smallest absolute Gasteiger partial charge is 0.178 e. The maximum atomic E-state index is 5.39. The van der Waals surface area contributed by atoms with Crippen molar-refractivity contribution in [1.82, 2.24) is 14.5 Å². The third-order valence-corrected chi connectivity index (χ3v) is 3.56. The molecule has 1 heterocycles. The lowest BCUT2D eigenvalue weighted by molar-refractivity contribution is 0.336. The first-order chi connectivity index (χ1) is 8.13. The normalized spacial score (nSPS) is 11.5. The van der Waals surface area contributed by atoms with Gasteiger partial charge < -0.3 is 14.5 Å². The molecule has 0 saturated heterocycles. The van der Waals surface area contributed by atoms with Gasteiger partial charge in [-0.15, -0.1) is 0 Å². The van der Waals surface area contributed by atoms with Gasteiger partial charge in [-0.25, -0.2) is 0 Å². The van der Waals surface area contributed by atoms with E-state index in [1.807, 2.05) is 0 Å². The van der Waals surface area contributed by atoms with Crippen molar-refractivity contribution >= 4 is 23.3 Å². The van der Waals surface area contributed by atoms with Gasteiger partial charge in [-0.2, -0.15) is 0 Å². The molecule has 2 aromatic rings. The highest BCUT2D eigenvalue weighted by Gasteiger charge is 2.06. The van der Waals surface area contributed by atoms with Crippen molar-refractivity contribution in [3.05, 3.63) is 28.5 Å². The lowest BCUT2D eigenvalue weighted by Crippen LogP contribution is -2.22. The minimum Gasteiger partial charge on any atom is -0.331 e. The Labute approximate surface area is 107 Å². The van der Waals surface area contributed by atoms with Crippen LogP contribution in [0.1, 0.15) is 12.5 Å². The van der Waals surface area contributed by atoms with E-state index in [4.69, 9.17) is 12.2 Å². The number of fused-ring (bicyclic) bond motifs is 1. The van der Waals surface area contributed by atoms with Gasteiger partial charge in [0.05, 0.1) is 11.0 Å². The molecule has 0 fully saturated rings. The second kappa shape index (κ2) is 5.02. The van der Waals surface area contributed by atoms with Crippen LogP contribution in [0.5, 0.6) is 0 Å². The molecule has 0 unspecified atom stereocenters. The zero-order valence-electron chi connectivity index (χ0n) is 10.7. The Morgan fingerprint density at radius 2 is 2.18 bits per heavy atom. The molecule has 0 aliphatic rings. The molecule has 0 spiro atoms. The van der Waals surface area contributed by atoms with Gasteiger partial charge in [-0.3, -0.25) is 0 Å². The van der Waals surface area contributed by atoms with E-state index in [1.54, 1.807) is 0 Å². The molecular weight excluding hydrogens is 230 g/mol. The Kier molecular flexibility index (Phi) is 3.64. The minimum atomic E-state index is 0.818. The number of rotatable bonds is 4. The second-order valence-electron chi connectivity index (χ2n) is 4.45. The standard InChI is InChI=1S/C13H19N3S/c1-4-15(3)8-9-16-12-10(2)6-5-7-11(12)14-13(16)17/h5-7H,4,8-9H2,1-3H3,(H,14,17). The number of benzene rings is 1. The molecular formula is C13H19N3S. The lowest BCUT2D eigenvalue weighted by atomic mass is 10.2. The van der Waals surface area contributed by atoms with Crippen LogP contribution in [0.15, 0.2) is 18.2 Å². The fourth-order valence-electron chi connectivity index (χ4n) is 2.04. The summed E-state index contributed by atoms with van der Waals surface area (Å²) in [5.41, 5.74) is 3.64. The highest BCUT2D eigenvalue weighted by molar-refractivity contribution is 7.71. The molecule has 2 rings (SSSR count). The molecule has 0 radical (unpaired) electrons. The summed E-state index contributed by atoms with van der Waals surface area (Å²) in [6, 6.07) is 6.27. The van der Waals surface area contributed by atoms with Crippen molar-refractivity contribution < 1.29 is 0 Å². The van der Waals surface area contributed by atoms with Crippen LogP contribution in [0.25, 0.3) is 11.0 Å². The average Bonchev–Trinajstić information content (AvgIpc) is 2.63.